The third kappa shape index (κ3) is 2.47. The number of aromatic nitrogens is 2. The first-order chi connectivity index (χ1) is 11.8. The highest BCUT2D eigenvalue weighted by Crippen LogP contribution is 2.41. The number of hydrogen-bond donors (Lipinski definition) is 0. The van der Waals surface area contributed by atoms with E-state index < -0.39 is 0 Å². The lowest BCUT2D eigenvalue weighted by molar-refractivity contribution is 0.160. The molecule has 5 rings (SSSR count). The van der Waals surface area contributed by atoms with Crippen molar-refractivity contribution in [2.75, 3.05) is 62.4 Å². The van der Waals surface area contributed by atoms with Gasteiger partial charge in [-0.15, -0.1) is 0 Å². The molecular weight excluding hydrogens is 304 g/mol. The second kappa shape index (κ2) is 5.56. The van der Waals surface area contributed by atoms with Crippen LogP contribution in [0.1, 0.15) is 25.7 Å². The monoisotopic (exact) mass is 330 g/mol. The first-order valence-electron chi connectivity index (χ1n) is 9.24. The van der Waals surface area contributed by atoms with E-state index in [0.717, 1.165) is 64.2 Å². The number of ether oxygens (including phenoxy) is 2. The summed E-state index contributed by atoms with van der Waals surface area (Å²) in [4.78, 5) is 14.0. The lowest BCUT2D eigenvalue weighted by atomic mass is 9.87. The fourth-order valence-corrected chi connectivity index (χ4v) is 4.89. The molecule has 6 heteroatoms. The summed E-state index contributed by atoms with van der Waals surface area (Å²) >= 11 is 0. The minimum Gasteiger partial charge on any atom is -0.381 e. The van der Waals surface area contributed by atoms with E-state index in [1.807, 2.05) is 0 Å². The number of nitrogens with zero attached hydrogens (tertiary/aromatic N) is 4. The molecule has 0 amide bonds. The Balaban J connectivity index is 1.32. The third-order valence-corrected chi connectivity index (χ3v) is 6.53. The van der Waals surface area contributed by atoms with Crippen molar-refractivity contribution in [3.05, 3.63) is 12.4 Å². The molecule has 24 heavy (non-hydrogen) atoms. The van der Waals surface area contributed by atoms with Crippen molar-refractivity contribution in [3.8, 4) is 0 Å². The molecule has 0 bridgehead atoms. The predicted octanol–water partition coefficient (Wildman–Crippen LogP) is 1.71. The predicted molar refractivity (Wildman–Crippen MR) is 91.4 cm³/mol. The van der Waals surface area contributed by atoms with Gasteiger partial charge in [0.2, 0.25) is 0 Å². The van der Waals surface area contributed by atoms with Crippen molar-refractivity contribution in [2.24, 2.45) is 10.8 Å². The van der Waals surface area contributed by atoms with Crippen LogP contribution in [0, 0.1) is 10.8 Å². The minimum absolute atomic E-state index is 0.365. The van der Waals surface area contributed by atoms with Crippen LogP contribution < -0.4 is 9.80 Å². The Labute approximate surface area is 143 Å². The van der Waals surface area contributed by atoms with E-state index in [1.54, 1.807) is 6.33 Å². The summed E-state index contributed by atoms with van der Waals surface area (Å²) in [5.41, 5.74) is 0.730. The molecule has 1 aromatic heterocycles. The average molecular weight is 330 g/mol. The quantitative estimate of drug-likeness (QED) is 0.823. The fraction of sp³-hybridized carbons (Fsp3) is 0.778. The van der Waals surface area contributed by atoms with E-state index in [1.165, 1.54) is 25.7 Å². The lowest BCUT2D eigenvalue weighted by Gasteiger charge is -2.25. The molecule has 4 saturated heterocycles. The van der Waals surface area contributed by atoms with Crippen LogP contribution in [0.25, 0.3) is 0 Å². The van der Waals surface area contributed by atoms with Gasteiger partial charge in [0.1, 0.15) is 18.0 Å². The molecule has 0 N–H and O–H groups in total. The van der Waals surface area contributed by atoms with Crippen molar-refractivity contribution >= 4 is 11.6 Å². The van der Waals surface area contributed by atoms with Crippen molar-refractivity contribution in [1.29, 1.82) is 0 Å². The molecule has 0 aliphatic carbocycles. The van der Waals surface area contributed by atoms with Crippen LogP contribution in [-0.2, 0) is 9.47 Å². The molecule has 130 valence electrons. The van der Waals surface area contributed by atoms with Crippen molar-refractivity contribution < 1.29 is 9.47 Å². The normalized spacial score (nSPS) is 35.8. The Bertz CT molecular complexity index is 562. The lowest BCUT2D eigenvalue weighted by Crippen LogP contribution is -2.29. The first-order valence-corrected chi connectivity index (χ1v) is 9.24. The second-order valence-corrected chi connectivity index (χ2v) is 8.18. The van der Waals surface area contributed by atoms with E-state index in [9.17, 15) is 0 Å². The maximum absolute atomic E-state index is 5.65. The standard InChI is InChI=1S/C18H26N4O2/c1-5-21(10-17(1)3-7-23-12-17)15-9-16(20-14-19-15)22-6-2-18(11-22)4-8-24-13-18/h9,14H,1-8,10-13H2. The molecule has 0 saturated carbocycles. The van der Waals surface area contributed by atoms with Crippen molar-refractivity contribution in [3.63, 3.8) is 0 Å². The maximum Gasteiger partial charge on any atom is 0.134 e. The summed E-state index contributed by atoms with van der Waals surface area (Å²) < 4.78 is 11.3. The summed E-state index contributed by atoms with van der Waals surface area (Å²) in [5, 5.41) is 0. The van der Waals surface area contributed by atoms with Crippen molar-refractivity contribution in [1.82, 2.24) is 9.97 Å². The van der Waals surface area contributed by atoms with Crippen LogP contribution in [0.3, 0.4) is 0 Å². The molecule has 6 nitrogen and oxygen atoms in total. The molecule has 5 heterocycles. The number of rotatable bonds is 2. The van der Waals surface area contributed by atoms with Gasteiger partial charge in [0, 0.05) is 56.3 Å². The molecule has 2 atom stereocenters. The van der Waals surface area contributed by atoms with Crippen LogP contribution >= 0.6 is 0 Å². The SMILES string of the molecule is c1nc(N2CCC3(CCOC3)C2)cc(N2CCC3(CCOC3)C2)n1. The zero-order valence-electron chi connectivity index (χ0n) is 14.2. The van der Waals surface area contributed by atoms with E-state index in [2.05, 4.69) is 25.8 Å². The first kappa shape index (κ1) is 14.9. The molecule has 0 radical (unpaired) electrons. The highest BCUT2D eigenvalue weighted by Gasteiger charge is 2.43. The Hall–Kier alpha value is -1.40. The van der Waals surface area contributed by atoms with Crippen LogP contribution in [0.4, 0.5) is 11.6 Å². The molecule has 1 aromatic rings. The highest BCUT2D eigenvalue weighted by molar-refractivity contribution is 5.52. The van der Waals surface area contributed by atoms with E-state index >= 15 is 0 Å². The van der Waals surface area contributed by atoms with Crippen LogP contribution in [0.15, 0.2) is 12.4 Å². The summed E-state index contributed by atoms with van der Waals surface area (Å²) in [5.74, 6) is 2.15. The summed E-state index contributed by atoms with van der Waals surface area (Å²) in [6.45, 7) is 7.96. The Morgan fingerprint density at radius 1 is 0.792 bits per heavy atom. The molecule has 0 aromatic carbocycles. The van der Waals surface area contributed by atoms with Gasteiger partial charge in [-0.25, -0.2) is 9.97 Å². The fourth-order valence-electron chi connectivity index (χ4n) is 4.89. The Morgan fingerprint density at radius 2 is 1.33 bits per heavy atom. The number of anilines is 2. The van der Waals surface area contributed by atoms with Gasteiger partial charge in [0.15, 0.2) is 0 Å². The van der Waals surface area contributed by atoms with Gasteiger partial charge in [-0.3, -0.25) is 0 Å². The van der Waals surface area contributed by atoms with Crippen molar-refractivity contribution in [2.45, 2.75) is 25.7 Å². The molecule has 2 spiro atoms. The van der Waals surface area contributed by atoms with E-state index in [0.29, 0.717) is 10.8 Å². The van der Waals surface area contributed by atoms with Gasteiger partial charge < -0.3 is 19.3 Å². The summed E-state index contributed by atoms with van der Waals surface area (Å²) in [6, 6.07) is 2.18. The number of hydrogen-bond acceptors (Lipinski definition) is 6. The smallest absolute Gasteiger partial charge is 0.134 e. The summed E-state index contributed by atoms with van der Waals surface area (Å²) in [6.07, 6.45) is 6.55. The summed E-state index contributed by atoms with van der Waals surface area (Å²) in [7, 11) is 0. The molecule has 4 fully saturated rings. The molecule has 4 aliphatic rings. The van der Waals surface area contributed by atoms with E-state index in [-0.39, 0.29) is 0 Å². The largest absolute Gasteiger partial charge is 0.381 e. The zero-order valence-corrected chi connectivity index (χ0v) is 14.2. The molecule has 2 unspecified atom stereocenters. The Morgan fingerprint density at radius 3 is 1.79 bits per heavy atom. The maximum atomic E-state index is 5.65. The molecular formula is C18H26N4O2. The van der Waals surface area contributed by atoms with E-state index in [4.69, 9.17) is 9.47 Å². The topological polar surface area (TPSA) is 50.7 Å². The van der Waals surface area contributed by atoms with Gasteiger partial charge in [-0.05, 0) is 25.7 Å². The van der Waals surface area contributed by atoms with Gasteiger partial charge in [0.05, 0.1) is 13.2 Å². The average Bonchev–Trinajstić information content (AvgIpc) is 3.40. The highest BCUT2D eigenvalue weighted by atomic mass is 16.5. The van der Waals surface area contributed by atoms with Gasteiger partial charge in [-0.2, -0.15) is 0 Å². The molecule has 4 aliphatic heterocycles. The zero-order chi connectivity index (χ0) is 16.0. The van der Waals surface area contributed by atoms with Crippen LogP contribution in [-0.4, -0.2) is 62.6 Å². The Kier molecular flexibility index (Phi) is 3.45. The van der Waals surface area contributed by atoms with Gasteiger partial charge in [-0.1, -0.05) is 0 Å². The van der Waals surface area contributed by atoms with Gasteiger partial charge in [0.25, 0.3) is 0 Å². The van der Waals surface area contributed by atoms with Gasteiger partial charge >= 0.3 is 0 Å². The second-order valence-electron chi connectivity index (χ2n) is 8.18. The van der Waals surface area contributed by atoms with Crippen LogP contribution in [0.5, 0.6) is 0 Å². The minimum atomic E-state index is 0.365. The third-order valence-electron chi connectivity index (χ3n) is 6.53. The van der Waals surface area contributed by atoms with Crippen LogP contribution in [0.2, 0.25) is 0 Å².